The molecule has 2 rings (SSSR count). The molecule has 3 heteroatoms. The zero-order valence-electron chi connectivity index (χ0n) is 11.4. The molecule has 0 fully saturated rings. The highest BCUT2D eigenvalue weighted by atomic mass is 32.2. The van der Waals surface area contributed by atoms with E-state index in [-0.39, 0.29) is 11.9 Å². The van der Waals surface area contributed by atoms with Crippen LogP contribution >= 0.6 is 11.8 Å². The molecule has 0 amide bonds. The highest BCUT2D eigenvalue weighted by molar-refractivity contribution is 7.99. The SMILES string of the molecule is CNC(C)c1cc(F)ccc1Sc1cccc(C)c1. The summed E-state index contributed by atoms with van der Waals surface area (Å²) in [6.07, 6.45) is 0. The highest BCUT2D eigenvalue weighted by Gasteiger charge is 2.11. The van der Waals surface area contributed by atoms with Gasteiger partial charge >= 0.3 is 0 Å². The fourth-order valence-electron chi connectivity index (χ4n) is 1.91. The Labute approximate surface area is 118 Å². The number of rotatable bonds is 4. The molecule has 0 heterocycles. The van der Waals surface area contributed by atoms with Gasteiger partial charge in [-0.05, 0) is 56.8 Å². The summed E-state index contributed by atoms with van der Waals surface area (Å²) in [5.41, 5.74) is 2.23. The minimum atomic E-state index is -0.189. The molecule has 0 spiro atoms. The van der Waals surface area contributed by atoms with Crippen LogP contribution in [0.2, 0.25) is 0 Å². The van der Waals surface area contributed by atoms with Crippen molar-refractivity contribution in [3.05, 3.63) is 59.4 Å². The van der Waals surface area contributed by atoms with Gasteiger partial charge in [0, 0.05) is 15.8 Å². The molecule has 0 aliphatic rings. The molecule has 0 aromatic heterocycles. The second kappa shape index (κ2) is 6.22. The van der Waals surface area contributed by atoms with E-state index in [4.69, 9.17) is 0 Å². The van der Waals surface area contributed by atoms with Crippen molar-refractivity contribution in [1.29, 1.82) is 0 Å². The van der Waals surface area contributed by atoms with E-state index in [0.29, 0.717) is 0 Å². The summed E-state index contributed by atoms with van der Waals surface area (Å²) in [6.45, 7) is 4.11. The molecule has 0 aliphatic heterocycles. The first-order chi connectivity index (χ1) is 9.10. The summed E-state index contributed by atoms with van der Waals surface area (Å²) < 4.78 is 13.4. The lowest BCUT2D eigenvalue weighted by atomic mass is 10.1. The Hall–Kier alpha value is -1.32. The van der Waals surface area contributed by atoms with Gasteiger partial charge in [0.1, 0.15) is 5.82 Å². The molecular weight excluding hydrogens is 257 g/mol. The number of hydrogen-bond donors (Lipinski definition) is 1. The van der Waals surface area contributed by atoms with E-state index in [1.165, 1.54) is 16.5 Å². The van der Waals surface area contributed by atoms with Crippen LogP contribution < -0.4 is 5.32 Å². The molecular formula is C16H18FNS. The first-order valence-electron chi connectivity index (χ1n) is 6.31. The number of nitrogens with one attached hydrogen (secondary N) is 1. The van der Waals surface area contributed by atoms with Gasteiger partial charge in [0.2, 0.25) is 0 Å². The van der Waals surface area contributed by atoms with E-state index < -0.39 is 0 Å². The molecule has 0 radical (unpaired) electrons. The molecule has 2 aromatic rings. The fourth-order valence-corrected chi connectivity index (χ4v) is 3.05. The van der Waals surface area contributed by atoms with Crippen molar-refractivity contribution in [2.24, 2.45) is 0 Å². The smallest absolute Gasteiger partial charge is 0.123 e. The minimum Gasteiger partial charge on any atom is -0.313 e. The topological polar surface area (TPSA) is 12.0 Å². The van der Waals surface area contributed by atoms with Gasteiger partial charge in [0.05, 0.1) is 0 Å². The first-order valence-corrected chi connectivity index (χ1v) is 7.13. The lowest BCUT2D eigenvalue weighted by Crippen LogP contribution is -2.13. The average Bonchev–Trinajstić information content (AvgIpc) is 2.40. The predicted molar refractivity (Wildman–Crippen MR) is 79.2 cm³/mol. The van der Waals surface area contributed by atoms with E-state index in [1.54, 1.807) is 17.8 Å². The monoisotopic (exact) mass is 275 g/mol. The molecule has 1 N–H and O–H groups in total. The van der Waals surface area contributed by atoms with Crippen LogP contribution in [0.25, 0.3) is 0 Å². The van der Waals surface area contributed by atoms with Crippen molar-refractivity contribution < 1.29 is 4.39 Å². The zero-order chi connectivity index (χ0) is 13.8. The molecule has 100 valence electrons. The van der Waals surface area contributed by atoms with Crippen LogP contribution in [0.4, 0.5) is 4.39 Å². The van der Waals surface area contributed by atoms with Gasteiger partial charge in [-0.15, -0.1) is 0 Å². The average molecular weight is 275 g/mol. The van der Waals surface area contributed by atoms with Gasteiger partial charge in [0.15, 0.2) is 0 Å². The Bertz CT molecular complexity index is 568. The van der Waals surface area contributed by atoms with Gasteiger partial charge in [-0.1, -0.05) is 29.5 Å². The summed E-state index contributed by atoms with van der Waals surface area (Å²) in [4.78, 5) is 2.27. The summed E-state index contributed by atoms with van der Waals surface area (Å²) >= 11 is 1.67. The van der Waals surface area contributed by atoms with Crippen LogP contribution in [0.15, 0.2) is 52.3 Å². The number of benzene rings is 2. The third kappa shape index (κ3) is 3.58. The Morgan fingerprint density at radius 2 is 1.95 bits per heavy atom. The van der Waals surface area contributed by atoms with Crippen molar-refractivity contribution in [1.82, 2.24) is 5.32 Å². The van der Waals surface area contributed by atoms with Gasteiger partial charge in [0.25, 0.3) is 0 Å². The van der Waals surface area contributed by atoms with Gasteiger partial charge < -0.3 is 5.32 Å². The van der Waals surface area contributed by atoms with Gasteiger partial charge in [-0.3, -0.25) is 0 Å². The summed E-state index contributed by atoms with van der Waals surface area (Å²) in [5, 5.41) is 3.17. The highest BCUT2D eigenvalue weighted by Crippen LogP contribution is 2.34. The van der Waals surface area contributed by atoms with Crippen LogP contribution in [0.1, 0.15) is 24.1 Å². The Morgan fingerprint density at radius 3 is 2.63 bits per heavy atom. The third-order valence-electron chi connectivity index (χ3n) is 3.09. The van der Waals surface area contributed by atoms with Crippen LogP contribution in [-0.4, -0.2) is 7.05 Å². The van der Waals surface area contributed by atoms with Crippen LogP contribution in [0, 0.1) is 12.7 Å². The molecule has 2 aromatic carbocycles. The maximum Gasteiger partial charge on any atom is 0.123 e. The largest absolute Gasteiger partial charge is 0.313 e. The lowest BCUT2D eigenvalue weighted by Gasteiger charge is -2.15. The second-order valence-electron chi connectivity index (χ2n) is 4.61. The van der Waals surface area contributed by atoms with Crippen molar-refractivity contribution in [3.63, 3.8) is 0 Å². The number of hydrogen-bond acceptors (Lipinski definition) is 2. The van der Waals surface area contributed by atoms with E-state index >= 15 is 0 Å². The number of aryl methyl sites for hydroxylation is 1. The number of halogens is 1. The molecule has 1 atom stereocenters. The van der Waals surface area contributed by atoms with E-state index in [0.717, 1.165) is 10.5 Å². The van der Waals surface area contributed by atoms with E-state index in [2.05, 4.69) is 30.4 Å². The lowest BCUT2D eigenvalue weighted by molar-refractivity contribution is 0.601. The molecule has 1 unspecified atom stereocenters. The first kappa shape index (κ1) is 14.1. The van der Waals surface area contributed by atoms with Crippen molar-refractivity contribution in [3.8, 4) is 0 Å². The quantitative estimate of drug-likeness (QED) is 0.877. The maximum atomic E-state index is 13.4. The Balaban J connectivity index is 2.34. The van der Waals surface area contributed by atoms with Crippen LogP contribution in [0.3, 0.4) is 0 Å². The molecule has 0 saturated heterocycles. The summed E-state index contributed by atoms with van der Waals surface area (Å²) in [5.74, 6) is -0.189. The molecule has 19 heavy (non-hydrogen) atoms. The Kier molecular flexibility index (Phi) is 4.61. The normalized spacial score (nSPS) is 12.4. The maximum absolute atomic E-state index is 13.4. The molecule has 0 saturated carbocycles. The minimum absolute atomic E-state index is 0.128. The van der Waals surface area contributed by atoms with E-state index in [1.807, 2.05) is 26.1 Å². The predicted octanol–water partition coefficient (Wildman–Crippen LogP) is 4.57. The molecule has 0 aliphatic carbocycles. The van der Waals surface area contributed by atoms with Gasteiger partial charge in [-0.2, -0.15) is 0 Å². The molecule has 1 nitrogen and oxygen atoms in total. The van der Waals surface area contributed by atoms with E-state index in [9.17, 15) is 4.39 Å². The van der Waals surface area contributed by atoms with Crippen LogP contribution in [0.5, 0.6) is 0 Å². The van der Waals surface area contributed by atoms with Crippen LogP contribution in [-0.2, 0) is 0 Å². The Morgan fingerprint density at radius 1 is 1.16 bits per heavy atom. The summed E-state index contributed by atoms with van der Waals surface area (Å²) in [7, 11) is 1.89. The van der Waals surface area contributed by atoms with Gasteiger partial charge in [-0.25, -0.2) is 4.39 Å². The van der Waals surface area contributed by atoms with Crippen molar-refractivity contribution in [2.75, 3.05) is 7.05 Å². The third-order valence-corrected chi connectivity index (χ3v) is 4.17. The second-order valence-corrected chi connectivity index (χ2v) is 5.73. The van der Waals surface area contributed by atoms with Crippen molar-refractivity contribution >= 4 is 11.8 Å². The standard InChI is InChI=1S/C16H18FNS/c1-11-5-4-6-14(9-11)19-16-8-7-13(17)10-15(16)12(2)18-3/h4-10,12,18H,1-3H3. The fraction of sp³-hybridized carbons (Fsp3) is 0.250. The zero-order valence-corrected chi connectivity index (χ0v) is 12.2. The molecule has 0 bridgehead atoms. The van der Waals surface area contributed by atoms with Crippen molar-refractivity contribution in [2.45, 2.75) is 29.7 Å². The summed E-state index contributed by atoms with van der Waals surface area (Å²) in [6, 6.07) is 13.4.